The van der Waals surface area contributed by atoms with Crippen molar-refractivity contribution in [2.45, 2.75) is 25.0 Å². The first-order valence-corrected chi connectivity index (χ1v) is 13.6. The molecule has 1 aromatic heterocycles. The fourth-order valence-corrected chi connectivity index (χ4v) is 5.12. The Morgan fingerprint density at radius 3 is 2.29 bits per heavy atom. The van der Waals surface area contributed by atoms with Gasteiger partial charge in [0.1, 0.15) is 12.6 Å². The summed E-state index contributed by atoms with van der Waals surface area (Å²) in [4.78, 5) is 38.7. The fraction of sp³-hybridized carbons (Fsp3) is 0.258. The third kappa shape index (κ3) is 6.81. The lowest BCUT2D eigenvalue weighted by atomic mass is 9.98. The number of rotatable bonds is 12. The molecule has 0 spiro atoms. The molecule has 0 fully saturated rings. The third-order valence-electron chi connectivity index (χ3n) is 7.12. The van der Waals surface area contributed by atoms with E-state index in [0.717, 1.165) is 27.8 Å². The van der Waals surface area contributed by atoms with Gasteiger partial charge in [0.2, 0.25) is 0 Å². The van der Waals surface area contributed by atoms with Crippen molar-refractivity contribution in [3.63, 3.8) is 0 Å². The summed E-state index contributed by atoms with van der Waals surface area (Å²) in [6, 6.07) is 24.7. The first-order chi connectivity index (χ1) is 20.4. The van der Waals surface area contributed by atoms with E-state index in [1.807, 2.05) is 59.5 Å². The van der Waals surface area contributed by atoms with Gasteiger partial charge in [-0.05, 0) is 34.9 Å². The Morgan fingerprint density at radius 1 is 0.976 bits per heavy atom. The minimum atomic E-state index is -1.15. The smallest absolute Gasteiger partial charge is 0.407 e. The number of carboxylic acids is 1. The maximum atomic E-state index is 12.7. The second kappa shape index (κ2) is 13.1. The van der Waals surface area contributed by atoms with Crippen LogP contribution in [0.2, 0.25) is 0 Å². The van der Waals surface area contributed by atoms with Crippen LogP contribution in [-0.2, 0) is 22.6 Å². The second-order valence-electron chi connectivity index (χ2n) is 10.2. The Labute approximate surface area is 243 Å². The fourth-order valence-electron chi connectivity index (χ4n) is 5.12. The van der Waals surface area contributed by atoms with E-state index in [1.54, 1.807) is 7.05 Å². The Bertz CT molecular complexity index is 1510. The average molecular weight is 569 g/mol. The van der Waals surface area contributed by atoms with E-state index >= 15 is 0 Å². The standard InChI is InChI=1S/C31H32N6O5/c1-36(17-21-9-3-2-4-10-21)18-28(30(39)40)33-29(38)27-19-37(35-34-27)16-15-32-31(41)42-20-26-24-13-7-5-11-22(24)23-12-6-8-14-25(23)26/h2-14,19,26,28H,15-18,20H2,1H3,(H,32,41)(H,33,38)(H,39,40). The topological polar surface area (TPSA) is 139 Å². The SMILES string of the molecule is CN(Cc1ccccc1)CC(NC(=O)c1cn(CCNC(=O)OCC2c3ccccc3-c3ccccc32)nn1)C(=O)O. The number of hydrogen-bond donors (Lipinski definition) is 3. The molecule has 0 saturated carbocycles. The molecule has 3 aromatic carbocycles. The van der Waals surface area contributed by atoms with Gasteiger partial charge in [0.05, 0.1) is 12.7 Å². The number of nitrogens with one attached hydrogen (secondary N) is 2. The molecule has 0 radical (unpaired) electrons. The molecule has 1 aliphatic carbocycles. The van der Waals surface area contributed by atoms with Gasteiger partial charge >= 0.3 is 12.1 Å². The lowest BCUT2D eigenvalue weighted by molar-refractivity contribution is -0.139. The molecule has 5 rings (SSSR count). The molecule has 11 heteroatoms. The summed E-state index contributed by atoms with van der Waals surface area (Å²) >= 11 is 0. The molecule has 42 heavy (non-hydrogen) atoms. The number of nitrogens with zero attached hydrogens (tertiary/aromatic N) is 4. The number of carbonyl (C=O) groups excluding carboxylic acids is 2. The van der Waals surface area contributed by atoms with Crippen LogP contribution in [0.3, 0.4) is 0 Å². The summed E-state index contributed by atoms with van der Waals surface area (Å²) in [6.45, 7) is 1.29. The largest absolute Gasteiger partial charge is 0.480 e. The molecule has 216 valence electrons. The zero-order chi connectivity index (χ0) is 29.5. The number of likely N-dealkylation sites (N-methyl/N-ethyl adjacent to an activating group) is 1. The van der Waals surface area contributed by atoms with E-state index in [4.69, 9.17) is 4.74 Å². The highest BCUT2D eigenvalue weighted by Crippen LogP contribution is 2.44. The summed E-state index contributed by atoms with van der Waals surface area (Å²) < 4.78 is 6.94. The number of aromatic nitrogens is 3. The highest BCUT2D eigenvalue weighted by atomic mass is 16.5. The number of carbonyl (C=O) groups is 3. The van der Waals surface area contributed by atoms with Crippen molar-refractivity contribution < 1.29 is 24.2 Å². The zero-order valence-corrected chi connectivity index (χ0v) is 23.1. The Kier molecular flexibility index (Phi) is 8.88. The van der Waals surface area contributed by atoms with Gasteiger partial charge in [-0.1, -0.05) is 84.1 Å². The van der Waals surface area contributed by atoms with Gasteiger partial charge in [0, 0.05) is 25.6 Å². The minimum absolute atomic E-state index is 0.0203. The number of aliphatic carboxylic acids is 1. The quantitative estimate of drug-likeness (QED) is 0.237. The summed E-state index contributed by atoms with van der Waals surface area (Å²) in [5.41, 5.74) is 5.59. The van der Waals surface area contributed by atoms with E-state index in [1.165, 1.54) is 10.9 Å². The van der Waals surface area contributed by atoms with E-state index in [0.29, 0.717) is 6.54 Å². The molecule has 1 heterocycles. The Balaban J connectivity index is 1.07. The summed E-state index contributed by atoms with van der Waals surface area (Å²) in [5, 5.41) is 22.6. The molecule has 4 aromatic rings. The summed E-state index contributed by atoms with van der Waals surface area (Å²) in [6.07, 6.45) is 0.847. The predicted molar refractivity (Wildman–Crippen MR) is 155 cm³/mol. The first kappa shape index (κ1) is 28.5. The molecule has 0 bridgehead atoms. The number of amides is 2. The van der Waals surface area contributed by atoms with Crippen LogP contribution in [-0.4, -0.2) is 75.8 Å². The van der Waals surface area contributed by atoms with Crippen LogP contribution in [0.4, 0.5) is 4.79 Å². The molecule has 0 aliphatic heterocycles. The van der Waals surface area contributed by atoms with Gasteiger partial charge in [0.25, 0.3) is 5.91 Å². The molecule has 1 aliphatic rings. The van der Waals surface area contributed by atoms with Gasteiger partial charge in [-0.25, -0.2) is 14.3 Å². The van der Waals surface area contributed by atoms with Crippen molar-refractivity contribution >= 4 is 18.0 Å². The predicted octanol–water partition coefficient (Wildman–Crippen LogP) is 3.13. The van der Waals surface area contributed by atoms with E-state index in [2.05, 4.69) is 45.2 Å². The van der Waals surface area contributed by atoms with Crippen molar-refractivity contribution in [3.05, 3.63) is 107 Å². The van der Waals surface area contributed by atoms with Gasteiger partial charge in [-0.2, -0.15) is 0 Å². The molecule has 11 nitrogen and oxygen atoms in total. The van der Waals surface area contributed by atoms with E-state index < -0.39 is 24.0 Å². The van der Waals surface area contributed by atoms with Crippen LogP contribution in [0, 0.1) is 0 Å². The van der Waals surface area contributed by atoms with Crippen molar-refractivity contribution in [2.24, 2.45) is 0 Å². The van der Waals surface area contributed by atoms with Gasteiger partial charge < -0.3 is 20.5 Å². The molecule has 0 saturated heterocycles. The number of hydrogen-bond acceptors (Lipinski definition) is 7. The Hall–Kier alpha value is -5.03. The van der Waals surface area contributed by atoms with Gasteiger partial charge in [0.15, 0.2) is 5.69 Å². The maximum absolute atomic E-state index is 12.7. The van der Waals surface area contributed by atoms with Crippen molar-refractivity contribution in [2.75, 3.05) is 26.7 Å². The first-order valence-electron chi connectivity index (χ1n) is 13.6. The van der Waals surface area contributed by atoms with Crippen LogP contribution < -0.4 is 10.6 Å². The van der Waals surface area contributed by atoms with Gasteiger partial charge in [-0.3, -0.25) is 9.69 Å². The van der Waals surface area contributed by atoms with Gasteiger partial charge in [-0.15, -0.1) is 5.10 Å². The lowest BCUT2D eigenvalue weighted by Crippen LogP contribution is -2.47. The third-order valence-corrected chi connectivity index (χ3v) is 7.12. The molecule has 1 atom stereocenters. The molecule has 3 N–H and O–H groups in total. The van der Waals surface area contributed by atoms with Crippen LogP contribution in [0.15, 0.2) is 85.1 Å². The zero-order valence-electron chi connectivity index (χ0n) is 23.1. The van der Waals surface area contributed by atoms with Crippen LogP contribution in [0.25, 0.3) is 11.1 Å². The highest BCUT2D eigenvalue weighted by Gasteiger charge is 2.29. The number of carboxylic acid groups (broad SMARTS) is 1. The minimum Gasteiger partial charge on any atom is -0.480 e. The highest BCUT2D eigenvalue weighted by molar-refractivity contribution is 5.94. The van der Waals surface area contributed by atoms with E-state index in [-0.39, 0.29) is 37.9 Å². The number of alkyl carbamates (subject to hydrolysis) is 1. The Morgan fingerprint density at radius 2 is 1.62 bits per heavy atom. The number of ether oxygens (including phenoxy) is 1. The van der Waals surface area contributed by atoms with Crippen LogP contribution in [0.5, 0.6) is 0 Å². The normalized spacial score (nSPS) is 12.8. The molecule has 1 unspecified atom stereocenters. The number of fused-ring (bicyclic) bond motifs is 3. The van der Waals surface area contributed by atoms with Crippen LogP contribution in [0.1, 0.15) is 33.1 Å². The monoisotopic (exact) mass is 568 g/mol. The van der Waals surface area contributed by atoms with Crippen molar-refractivity contribution in [1.82, 2.24) is 30.5 Å². The second-order valence-corrected chi connectivity index (χ2v) is 10.2. The van der Waals surface area contributed by atoms with Crippen LogP contribution >= 0.6 is 0 Å². The molecular formula is C31H32N6O5. The van der Waals surface area contributed by atoms with Crippen molar-refractivity contribution in [1.29, 1.82) is 0 Å². The average Bonchev–Trinajstić information content (AvgIpc) is 3.59. The van der Waals surface area contributed by atoms with E-state index in [9.17, 15) is 19.5 Å². The summed E-state index contributed by atoms with van der Waals surface area (Å²) in [7, 11) is 1.79. The molecular weight excluding hydrogens is 536 g/mol. The maximum Gasteiger partial charge on any atom is 0.407 e. The number of benzene rings is 3. The van der Waals surface area contributed by atoms with Crippen molar-refractivity contribution in [3.8, 4) is 11.1 Å². The lowest BCUT2D eigenvalue weighted by Gasteiger charge is -2.22. The summed E-state index contributed by atoms with van der Waals surface area (Å²) in [5.74, 6) is -1.83. The molecule has 2 amide bonds.